The highest BCUT2D eigenvalue weighted by Crippen LogP contribution is 2.21. The molecular formula is C21H22ClN3O2. The van der Waals surface area contributed by atoms with E-state index in [9.17, 15) is 9.59 Å². The largest absolute Gasteiger partial charge is 0.336 e. The van der Waals surface area contributed by atoms with Crippen LogP contribution in [0.3, 0.4) is 0 Å². The molecule has 0 aliphatic heterocycles. The predicted octanol–water partition coefficient (Wildman–Crippen LogP) is 3.74. The SMILES string of the molecule is CC(c1nc2cc(Cl)ccc2c(=O)n1C)N(C)C(=O)CCc1ccccc1. The van der Waals surface area contributed by atoms with Crippen molar-refractivity contribution in [3.8, 4) is 0 Å². The van der Waals surface area contributed by atoms with Gasteiger partial charge in [-0.25, -0.2) is 4.98 Å². The third-order valence-electron chi connectivity index (χ3n) is 4.89. The normalized spacial score (nSPS) is 12.1. The molecule has 1 heterocycles. The summed E-state index contributed by atoms with van der Waals surface area (Å²) in [7, 11) is 3.42. The number of aryl methyl sites for hydroxylation is 1. The summed E-state index contributed by atoms with van der Waals surface area (Å²) in [6, 6.07) is 14.6. The fourth-order valence-corrected chi connectivity index (χ4v) is 3.26. The Morgan fingerprint density at radius 3 is 2.63 bits per heavy atom. The summed E-state index contributed by atoms with van der Waals surface area (Å²) in [5, 5.41) is 1.03. The first-order chi connectivity index (χ1) is 12.9. The maximum Gasteiger partial charge on any atom is 0.261 e. The van der Waals surface area contributed by atoms with E-state index in [1.54, 1.807) is 37.2 Å². The highest BCUT2D eigenvalue weighted by molar-refractivity contribution is 6.31. The van der Waals surface area contributed by atoms with Gasteiger partial charge in [-0.05, 0) is 37.1 Å². The fourth-order valence-electron chi connectivity index (χ4n) is 3.10. The summed E-state index contributed by atoms with van der Waals surface area (Å²) in [5.41, 5.74) is 1.51. The molecule has 140 valence electrons. The molecule has 1 atom stereocenters. The van der Waals surface area contributed by atoms with Crippen molar-refractivity contribution in [1.29, 1.82) is 0 Å². The van der Waals surface area contributed by atoms with Gasteiger partial charge in [0, 0.05) is 25.5 Å². The molecule has 2 aromatic carbocycles. The molecule has 1 unspecified atom stereocenters. The lowest BCUT2D eigenvalue weighted by atomic mass is 10.1. The number of benzene rings is 2. The van der Waals surface area contributed by atoms with Crippen LogP contribution in [0.5, 0.6) is 0 Å². The zero-order valence-electron chi connectivity index (χ0n) is 15.6. The minimum atomic E-state index is -0.339. The number of carbonyl (C=O) groups is 1. The zero-order chi connectivity index (χ0) is 19.6. The smallest absolute Gasteiger partial charge is 0.261 e. The minimum absolute atomic E-state index is 0.00629. The van der Waals surface area contributed by atoms with Gasteiger partial charge in [0.2, 0.25) is 5.91 Å². The van der Waals surface area contributed by atoms with Crippen molar-refractivity contribution in [2.24, 2.45) is 7.05 Å². The topological polar surface area (TPSA) is 55.2 Å². The second kappa shape index (κ2) is 7.92. The van der Waals surface area contributed by atoms with Crippen LogP contribution in [-0.2, 0) is 18.3 Å². The van der Waals surface area contributed by atoms with Crippen molar-refractivity contribution in [2.75, 3.05) is 7.05 Å². The van der Waals surface area contributed by atoms with E-state index < -0.39 is 0 Å². The number of hydrogen-bond donors (Lipinski definition) is 0. The van der Waals surface area contributed by atoms with Crippen molar-refractivity contribution in [2.45, 2.75) is 25.8 Å². The van der Waals surface area contributed by atoms with Gasteiger partial charge >= 0.3 is 0 Å². The summed E-state index contributed by atoms with van der Waals surface area (Å²) in [4.78, 5) is 31.5. The summed E-state index contributed by atoms with van der Waals surface area (Å²) < 4.78 is 1.50. The Balaban J connectivity index is 1.83. The average molecular weight is 384 g/mol. The molecule has 0 saturated carbocycles. The van der Waals surface area contributed by atoms with Crippen LogP contribution >= 0.6 is 11.6 Å². The summed E-state index contributed by atoms with van der Waals surface area (Å²) >= 11 is 6.04. The Labute approximate surface area is 163 Å². The highest BCUT2D eigenvalue weighted by atomic mass is 35.5. The molecule has 3 aromatic rings. The molecule has 6 heteroatoms. The van der Waals surface area contributed by atoms with Crippen molar-refractivity contribution < 1.29 is 4.79 Å². The molecule has 0 bridgehead atoms. The van der Waals surface area contributed by atoms with Gasteiger partial charge in [0.05, 0.1) is 16.9 Å². The molecule has 3 rings (SSSR count). The van der Waals surface area contributed by atoms with Crippen molar-refractivity contribution >= 4 is 28.4 Å². The molecule has 0 spiro atoms. The number of nitrogens with zero attached hydrogens (tertiary/aromatic N) is 3. The third-order valence-corrected chi connectivity index (χ3v) is 5.13. The molecule has 0 aliphatic carbocycles. The molecule has 0 radical (unpaired) electrons. The van der Waals surface area contributed by atoms with Gasteiger partial charge in [-0.2, -0.15) is 0 Å². The molecule has 27 heavy (non-hydrogen) atoms. The van der Waals surface area contributed by atoms with Crippen molar-refractivity contribution in [3.63, 3.8) is 0 Å². The minimum Gasteiger partial charge on any atom is -0.336 e. The Kier molecular flexibility index (Phi) is 5.61. The van der Waals surface area contributed by atoms with E-state index in [-0.39, 0.29) is 17.5 Å². The Bertz CT molecular complexity index is 1030. The monoisotopic (exact) mass is 383 g/mol. The standard InChI is InChI=1S/C21H22ClN3O2/c1-14(24(2)19(26)12-9-15-7-5-4-6-8-15)20-23-18-13-16(22)10-11-17(18)21(27)25(20)3/h4-8,10-11,13-14H,9,12H2,1-3H3. The van der Waals surface area contributed by atoms with E-state index in [1.165, 1.54) is 4.57 Å². The Morgan fingerprint density at radius 1 is 1.22 bits per heavy atom. The molecule has 5 nitrogen and oxygen atoms in total. The number of carbonyl (C=O) groups excluding carboxylic acids is 1. The maximum absolute atomic E-state index is 12.6. The summed E-state index contributed by atoms with van der Waals surface area (Å²) in [5.74, 6) is 0.539. The van der Waals surface area contributed by atoms with E-state index in [1.807, 2.05) is 37.3 Å². The van der Waals surface area contributed by atoms with E-state index in [4.69, 9.17) is 11.6 Å². The van der Waals surface area contributed by atoms with Crippen LogP contribution in [0.15, 0.2) is 53.3 Å². The number of fused-ring (bicyclic) bond motifs is 1. The quantitative estimate of drug-likeness (QED) is 0.674. The van der Waals surface area contributed by atoms with Gasteiger partial charge in [0.25, 0.3) is 5.56 Å². The number of hydrogen-bond acceptors (Lipinski definition) is 3. The van der Waals surface area contributed by atoms with Gasteiger partial charge in [-0.1, -0.05) is 41.9 Å². The van der Waals surface area contributed by atoms with Crippen LogP contribution in [0, 0.1) is 0 Å². The van der Waals surface area contributed by atoms with E-state index in [0.717, 1.165) is 5.56 Å². The van der Waals surface area contributed by atoms with Gasteiger partial charge in [0.1, 0.15) is 5.82 Å². The molecule has 0 aliphatic rings. The Hall–Kier alpha value is -2.66. The van der Waals surface area contributed by atoms with Crippen molar-refractivity contribution in [1.82, 2.24) is 14.5 Å². The third kappa shape index (κ3) is 4.03. The van der Waals surface area contributed by atoms with Gasteiger partial charge in [0.15, 0.2) is 0 Å². The molecular weight excluding hydrogens is 362 g/mol. The first-order valence-corrected chi connectivity index (χ1v) is 9.22. The lowest BCUT2D eigenvalue weighted by Gasteiger charge is -2.26. The average Bonchev–Trinajstić information content (AvgIpc) is 2.68. The molecule has 1 aromatic heterocycles. The number of aromatic nitrogens is 2. The van der Waals surface area contributed by atoms with Gasteiger partial charge in [-0.15, -0.1) is 0 Å². The molecule has 0 saturated heterocycles. The van der Waals surface area contributed by atoms with Crippen LogP contribution in [0.1, 0.15) is 30.8 Å². The number of halogens is 1. The van der Waals surface area contributed by atoms with Gasteiger partial charge in [-0.3, -0.25) is 14.2 Å². The number of rotatable bonds is 5. The number of amides is 1. The first-order valence-electron chi connectivity index (χ1n) is 8.84. The van der Waals surface area contributed by atoms with Crippen LogP contribution < -0.4 is 5.56 Å². The fraction of sp³-hybridized carbons (Fsp3) is 0.286. The highest BCUT2D eigenvalue weighted by Gasteiger charge is 2.22. The Morgan fingerprint density at radius 2 is 1.93 bits per heavy atom. The molecule has 1 amide bonds. The van der Waals surface area contributed by atoms with Crippen LogP contribution in [-0.4, -0.2) is 27.4 Å². The maximum atomic E-state index is 12.6. The first kappa shape index (κ1) is 19.1. The lowest BCUT2D eigenvalue weighted by Crippen LogP contribution is -2.34. The summed E-state index contributed by atoms with van der Waals surface area (Å²) in [6.07, 6.45) is 1.08. The predicted molar refractivity (Wildman–Crippen MR) is 108 cm³/mol. The second-order valence-corrected chi connectivity index (χ2v) is 7.10. The van der Waals surface area contributed by atoms with E-state index >= 15 is 0 Å². The van der Waals surface area contributed by atoms with Crippen LogP contribution in [0.25, 0.3) is 10.9 Å². The van der Waals surface area contributed by atoms with Crippen LogP contribution in [0.2, 0.25) is 5.02 Å². The molecule has 0 N–H and O–H groups in total. The summed E-state index contributed by atoms with van der Waals surface area (Å²) in [6.45, 7) is 1.87. The van der Waals surface area contributed by atoms with E-state index in [0.29, 0.717) is 34.6 Å². The van der Waals surface area contributed by atoms with Crippen LogP contribution in [0.4, 0.5) is 0 Å². The lowest BCUT2D eigenvalue weighted by molar-refractivity contribution is -0.131. The van der Waals surface area contributed by atoms with E-state index in [2.05, 4.69) is 4.98 Å². The van der Waals surface area contributed by atoms with Crippen molar-refractivity contribution in [3.05, 3.63) is 75.3 Å². The zero-order valence-corrected chi connectivity index (χ0v) is 16.4. The molecule has 0 fully saturated rings. The second-order valence-electron chi connectivity index (χ2n) is 6.66. The van der Waals surface area contributed by atoms with Gasteiger partial charge < -0.3 is 4.90 Å².